The largest absolute Gasteiger partial charge is 0.465 e. The fourth-order valence-electron chi connectivity index (χ4n) is 4.86. The lowest BCUT2D eigenvalue weighted by atomic mass is 9.76. The summed E-state index contributed by atoms with van der Waals surface area (Å²) in [5.74, 6) is 3.73. The maximum absolute atomic E-state index is 11.4. The third-order valence-corrected chi connectivity index (χ3v) is 5.42. The summed E-state index contributed by atoms with van der Waals surface area (Å²) >= 11 is 0. The van der Waals surface area contributed by atoms with Gasteiger partial charge in [-0.1, -0.05) is 6.42 Å². The molecule has 0 heterocycles. The molecule has 0 N–H and O–H groups in total. The van der Waals surface area contributed by atoms with E-state index < -0.39 is 0 Å². The van der Waals surface area contributed by atoms with Crippen molar-refractivity contribution in [1.29, 1.82) is 0 Å². The zero-order valence-corrected chi connectivity index (χ0v) is 11.1. The average Bonchev–Trinajstić information content (AvgIpc) is 2.97. The molecule has 0 spiro atoms. The molecule has 2 bridgehead atoms. The molecule has 3 aliphatic carbocycles. The first-order chi connectivity index (χ1) is 8.65. The second-order valence-corrected chi connectivity index (χ2v) is 6.48. The molecular weight excluding hydrogens is 228 g/mol. The summed E-state index contributed by atoms with van der Waals surface area (Å²) in [5, 5.41) is 0. The molecule has 0 radical (unpaired) electrons. The first kappa shape index (κ1) is 12.2. The van der Waals surface area contributed by atoms with E-state index in [1.165, 1.54) is 39.0 Å². The highest BCUT2D eigenvalue weighted by molar-refractivity contribution is 5.94. The fraction of sp³-hybridized carbons (Fsp3) is 0.867. The predicted molar refractivity (Wildman–Crippen MR) is 66.8 cm³/mol. The minimum atomic E-state index is -0.340. The van der Waals surface area contributed by atoms with Crippen LogP contribution in [0, 0.1) is 29.6 Å². The van der Waals surface area contributed by atoms with Crippen LogP contribution in [0.4, 0.5) is 0 Å². The van der Waals surface area contributed by atoms with E-state index in [0.717, 1.165) is 23.7 Å². The van der Waals surface area contributed by atoms with Crippen LogP contribution in [0.2, 0.25) is 0 Å². The van der Waals surface area contributed by atoms with E-state index in [4.69, 9.17) is 4.74 Å². The van der Waals surface area contributed by atoms with Gasteiger partial charge in [-0.15, -0.1) is 0 Å². The Morgan fingerprint density at radius 3 is 2.67 bits per heavy atom. The molecule has 3 aliphatic rings. The molecule has 3 nitrogen and oxygen atoms in total. The highest BCUT2D eigenvalue weighted by atomic mass is 16.5. The molecule has 0 aromatic rings. The van der Waals surface area contributed by atoms with Gasteiger partial charge in [-0.2, -0.15) is 0 Å². The molecule has 5 atom stereocenters. The van der Waals surface area contributed by atoms with Crippen LogP contribution in [-0.4, -0.2) is 18.4 Å². The smallest absolute Gasteiger partial charge is 0.313 e. The van der Waals surface area contributed by atoms with E-state index in [9.17, 15) is 9.59 Å². The van der Waals surface area contributed by atoms with Crippen molar-refractivity contribution in [2.75, 3.05) is 6.61 Å². The Balaban J connectivity index is 1.51. The lowest BCUT2D eigenvalue weighted by molar-refractivity contribution is -0.147. The third kappa shape index (κ3) is 2.08. The normalized spacial score (nSPS) is 40.8. The van der Waals surface area contributed by atoms with Gasteiger partial charge < -0.3 is 4.74 Å². The van der Waals surface area contributed by atoms with Crippen LogP contribution >= 0.6 is 0 Å². The van der Waals surface area contributed by atoms with E-state index in [1.807, 2.05) is 0 Å². The molecule has 0 aromatic carbocycles. The molecular formula is C15H22O3. The Morgan fingerprint density at radius 2 is 1.89 bits per heavy atom. The summed E-state index contributed by atoms with van der Waals surface area (Å²) in [6, 6.07) is 0. The highest BCUT2D eigenvalue weighted by Gasteiger charge is 2.53. The Kier molecular flexibility index (Phi) is 3.16. The summed E-state index contributed by atoms with van der Waals surface area (Å²) in [6.07, 6.45) is 6.78. The van der Waals surface area contributed by atoms with Gasteiger partial charge in [-0.3, -0.25) is 9.59 Å². The lowest BCUT2D eigenvalue weighted by Crippen LogP contribution is -2.28. The maximum atomic E-state index is 11.4. The van der Waals surface area contributed by atoms with Gasteiger partial charge in [0.1, 0.15) is 12.2 Å². The van der Waals surface area contributed by atoms with Gasteiger partial charge in [-0.25, -0.2) is 0 Å². The van der Waals surface area contributed by atoms with Gasteiger partial charge in [-0.05, 0) is 62.2 Å². The molecule has 0 aromatic heterocycles. The topological polar surface area (TPSA) is 43.4 Å². The Labute approximate surface area is 108 Å². The number of carbonyl (C=O) groups is 2. The number of fused-ring (bicyclic) bond motifs is 5. The van der Waals surface area contributed by atoms with Crippen LogP contribution < -0.4 is 0 Å². The zero-order chi connectivity index (χ0) is 12.7. The van der Waals surface area contributed by atoms with Crippen molar-refractivity contribution in [1.82, 2.24) is 0 Å². The minimum Gasteiger partial charge on any atom is -0.465 e. The minimum absolute atomic E-state index is 0.0626. The monoisotopic (exact) mass is 250 g/mol. The molecule has 0 amide bonds. The maximum Gasteiger partial charge on any atom is 0.313 e. The molecule has 0 aliphatic heterocycles. The molecule has 18 heavy (non-hydrogen) atoms. The molecule has 3 heteroatoms. The van der Waals surface area contributed by atoms with Crippen molar-refractivity contribution in [2.45, 2.75) is 45.4 Å². The fourth-order valence-corrected chi connectivity index (χ4v) is 4.86. The number of Topliss-reactive ketones (excluding diaryl/α,β-unsaturated/α-hetero) is 1. The molecule has 100 valence electrons. The van der Waals surface area contributed by atoms with Crippen molar-refractivity contribution >= 4 is 11.8 Å². The number of carbonyl (C=O) groups excluding carboxylic acids is 2. The number of ketones is 1. The van der Waals surface area contributed by atoms with Crippen molar-refractivity contribution in [3.63, 3.8) is 0 Å². The van der Waals surface area contributed by atoms with Crippen LogP contribution in [0.25, 0.3) is 0 Å². The molecule has 3 saturated carbocycles. The number of rotatable bonds is 4. The summed E-state index contributed by atoms with van der Waals surface area (Å²) < 4.78 is 5.28. The predicted octanol–water partition coefficient (Wildman–Crippen LogP) is 2.58. The lowest BCUT2D eigenvalue weighted by Gasteiger charge is -2.31. The van der Waals surface area contributed by atoms with Gasteiger partial charge in [0.15, 0.2) is 0 Å². The Morgan fingerprint density at radius 1 is 1.11 bits per heavy atom. The van der Waals surface area contributed by atoms with Crippen molar-refractivity contribution in [3.8, 4) is 0 Å². The molecule has 3 fully saturated rings. The van der Waals surface area contributed by atoms with Crippen LogP contribution in [0.1, 0.15) is 45.4 Å². The van der Waals surface area contributed by atoms with Crippen molar-refractivity contribution in [3.05, 3.63) is 0 Å². The van der Waals surface area contributed by atoms with Crippen LogP contribution in [0.5, 0.6) is 0 Å². The standard InChI is InChI=1S/C15H22O3/c1-9(16)5-15(17)18-8-11-6-10-7-14(11)13-4-2-3-12(10)13/h10-14H,2-8H2,1H3. The highest BCUT2D eigenvalue weighted by Crippen LogP contribution is 2.60. The van der Waals surface area contributed by atoms with E-state index in [-0.39, 0.29) is 18.2 Å². The summed E-state index contributed by atoms with van der Waals surface area (Å²) in [4.78, 5) is 22.2. The number of hydrogen-bond acceptors (Lipinski definition) is 3. The molecule has 3 rings (SSSR count). The number of hydrogen-bond donors (Lipinski definition) is 0. The van der Waals surface area contributed by atoms with E-state index in [1.54, 1.807) is 0 Å². The zero-order valence-electron chi connectivity index (χ0n) is 11.1. The van der Waals surface area contributed by atoms with Gasteiger partial charge in [0, 0.05) is 0 Å². The summed E-state index contributed by atoms with van der Waals surface area (Å²) in [5.41, 5.74) is 0. The van der Waals surface area contributed by atoms with Crippen LogP contribution in [-0.2, 0) is 14.3 Å². The van der Waals surface area contributed by atoms with Crippen LogP contribution in [0.3, 0.4) is 0 Å². The van der Waals surface area contributed by atoms with Gasteiger partial charge in [0.25, 0.3) is 0 Å². The third-order valence-electron chi connectivity index (χ3n) is 5.42. The SMILES string of the molecule is CC(=O)CC(=O)OCC1CC2CC1C1CCCC21. The first-order valence-corrected chi connectivity index (χ1v) is 7.30. The summed E-state index contributed by atoms with van der Waals surface area (Å²) in [7, 11) is 0. The van der Waals surface area contributed by atoms with E-state index in [0.29, 0.717) is 12.5 Å². The molecule has 5 unspecified atom stereocenters. The summed E-state index contributed by atoms with van der Waals surface area (Å²) in [6.45, 7) is 1.98. The second-order valence-electron chi connectivity index (χ2n) is 6.48. The quantitative estimate of drug-likeness (QED) is 0.569. The molecule has 0 saturated heterocycles. The average molecular weight is 250 g/mol. The van der Waals surface area contributed by atoms with Crippen LogP contribution in [0.15, 0.2) is 0 Å². The first-order valence-electron chi connectivity index (χ1n) is 7.30. The van der Waals surface area contributed by atoms with Gasteiger partial charge in [0.05, 0.1) is 6.61 Å². The number of ether oxygens (including phenoxy) is 1. The van der Waals surface area contributed by atoms with E-state index >= 15 is 0 Å². The second kappa shape index (κ2) is 4.67. The number of esters is 1. The Bertz CT molecular complexity index is 363. The van der Waals surface area contributed by atoms with Gasteiger partial charge in [0.2, 0.25) is 0 Å². The van der Waals surface area contributed by atoms with Gasteiger partial charge >= 0.3 is 5.97 Å². The van der Waals surface area contributed by atoms with Crippen molar-refractivity contribution < 1.29 is 14.3 Å². The van der Waals surface area contributed by atoms with Crippen molar-refractivity contribution in [2.24, 2.45) is 29.6 Å². The Hall–Kier alpha value is -0.860. The van der Waals surface area contributed by atoms with E-state index in [2.05, 4.69) is 0 Å².